The van der Waals surface area contributed by atoms with E-state index in [1.165, 1.54) is 18.3 Å². The van der Waals surface area contributed by atoms with Crippen molar-refractivity contribution < 1.29 is 14.3 Å². The normalized spacial score (nSPS) is 11.8. The third-order valence-corrected chi connectivity index (χ3v) is 3.19. The lowest BCUT2D eigenvalue weighted by Crippen LogP contribution is -2.29. The van der Waals surface area contributed by atoms with Gasteiger partial charge < -0.3 is 15.3 Å². The Hall–Kier alpha value is -2.47. The van der Waals surface area contributed by atoms with Crippen LogP contribution in [0.3, 0.4) is 0 Å². The summed E-state index contributed by atoms with van der Waals surface area (Å²) in [6.07, 6.45) is 0.442. The summed E-state index contributed by atoms with van der Waals surface area (Å²) in [6.45, 7) is -0.0701. The van der Waals surface area contributed by atoms with Crippen molar-refractivity contribution in [1.29, 1.82) is 0 Å². The number of hydrogen-bond acceptors (Lipinski definition) is 4. The Balaban J connectivity index is 2.01. The maximum Gasteiger partial charge on any atom is 0.251 e. The van der Waals surface area contributed by atoms with Gasteiger partial charge in [0, 0.05) is 38.0 Å². The predicted molar refractivity (Wildman–Crippen MR) is 82.3 cm³/mol. The van der Waals surface area contributed by atoms with Gasteiger partial charge in [-0.05, 0) is 18.2 Å². The summed E-state index contributed by atoms with van der Waals surface area (Å²) in [5, 5.41) is 12.6. The minimum atomic E-state index is -1.10. The number of carbonyl (C=O) groups is 1. The largest absolute Gasteiger partial charge is 0.386 e. The van der Waals surface area contributed by atoms with Gasteiger partial charge in [0.25, 0.3) is 5.91 Å². The van der Waals surface area contributed by atoms with Gasteiger partial charge in [0.05, 0.1) is 6.10 Å². The van der Waals surface area contributed by atoms with Crippen molar-refractivity contribution in [2.24, 2.45) is 0 Å². The van der Waals surface area contributed by atoms with E-state index in [-0.39, 0.29) is 18.0 Å². The summed E-state index contributed by atoms with van der Waals surface area (Å²) >= 11 is 0. The zero-order chi connectivity index (χ0) is 16.1. The number of aromatic nitrogens is 1. The first-order chi connectivity index (χ1) is 10.5. The molecule has 0 spiro atoms. The molecular weight excluding hydrogens is 285 g/mol. The zero-order valence-electron chi connectivity index (χ0n) is 12.5. The van der Waals surface area contributed by atoms with Crippen LogP contribution < -0.4 is 10.2 Å². The molecule has 1 aromatic heterocycles. The van der Waals surface area contributed by atoms with E-state index >= 15 is 0 Å². The van der Waals surface area contributed by atoms with Crippen LogP contribution in [0.1, 0.15) is 22.0 Å². The first-order valence-corrected chi connectivity index (χ1v) is 6.83. The van der Waals surface area contributed by atoms with Crippen LogP contribution in [0.2, 0.25) is 0 Å². The van der Waals surface area contributed by atoms with Crippen LogP contribution in [0.4, 0.5) is 10.2 Å². The van der Waals surface area contributed by atoms with Crippen molar-refractivity contribution in [3.63, 3.8) is 0 Å². The lowest BCUT2D eigenvalue weighted by Gasteiger charge is -2.14. The van der Waals surface area contributed by atoms with Gasteiger partial charge in [-0.3, -0.25) is 4.79 Å². The highest BCUT2D eigenvalue weighted by atomic mass is 19.1. The van der Waals surface area contributed by atoms with Crippen LogP contribution in [0.25, 0.3) is 0 Å². The molecule has 0 bridgehead atoms. The van der Waals surface area contributed by atoms with Crippen LogP contribution in [0, 0.1) is 5.82 Å². The first-order valence-electron chi connectivity index (χ1n) is 6.83. The monoisotopic (exact) mass is 303 g/mol. The predicted octanol–water partition coefficient (Wildman–Crippen LogP) is 1.75. The van der Waals surface area contributed by atoms with Gasteiger partial charge in [0.1, 0.15) is 11.6 Å². The summed E-state index contributed by atoms with van der Waals surface area (Å²) in [6, 6.07) is 9.16. The topological polar surface area (TPSA) is 65.5 Å². The number of nitrogens with one attached hydrogen (secondary N) is 1. The molecule has 0 aliphatic heterocycles. The number of benzene rings is 1. The number of hydrogen-bond donors (Lipinski definition) is 2. The molecule has 1 atom stereocenters. The van der Waals surface area contributed by atoms with Crippen LogP contribution in [-0.2, 0) is 0 Å². The average Bonchev–Trinajstić information content (AvgIpc) is 2.52. The number of rotatable bonds is 5. The van der Waals surface area contributed by atoms with E-state index in [1.54, 1.807) is 29.2 Å². The quantitative estimate of drug-likeness (QED) is 0.883. The molecule has 22 heavy (non-hydrogen) atoms. The van der Waals surface area contributed by atoms with E-state index in [0.717, 1.165) is 0 Å². The molecule has 2 aromatic rings. The van der Waals surface area contributed by atoms with Gasteiger partial charge in [0.2, 0.25) is 0 Å². The van der Waals surface area contributed by atoms with Crippen LogP contribution in [0.15, 0.2) is 42.6 Å². The highest BCUT2D eigenvalue weighted by Gasteiger charge is 2.14. The Bertz CT molecular complexity index is 661. The number of aliphatic hydroxyl groups excluding tert-OH is 1. The summed E-state index contributed by atoms with van der Waals surface area (Å²) in [7, 11) is 3.65. The fourth-order valence-electron chi connectivity index (χ4n) is 1.95. The van der Waals surface area contributed by atoms with Crippen LogP contribution in [-0.4, -0.2) is 36.6 Å². The molecule has 0 saturated heterocycles. The lowest BCUT2D eigenvalue weighted by atomic mass is 10.1. The van der Waals surface area contributed by atoms with E-state index in [2.05, 4.69) is 10.3 Å². The molecule has 1 unspecified atom stereocenters. The van der Waals surface area contributed by atoms with Gasteiger partial charge in [-0.15, -0.1) is 0 Å². The smallest absolute Gasteiger partial charge is 0.251 e. The van der Waals surface area contributed by atoms with E-state index in [9.17, 15) is 14.3 Å². The molecule has 0 saturated carbocycles. The molecule has 2 rings (SSSR count). The van der Waals surface area contributed by atoms with Crippen molar-refractivity contribution >= 4 is 11.7 Å². The van der Waals surface area contributed by atoms with E-state index < -0.39 is 11.9 Å². The van der Waals surface area contributed by atoms with E-state index in [1.807, 2.05) is 14.1 Å². The Kier molecular flexibility index (Phi) is 5.06. The molecule has 0 fully saturated rings. The summed E-state index contributed by atoms with van der Waals surface area (Å²) in [5.74, 6) is -0.189. The third-order valence-electron chi connectivity index (χ3n) is 3.19. The van der Waals surface area contributed by atoms with Crippen molar-refractivity contribution in [3.8, 4) is 0 Å². The molecular formula is C16H18FN3O2. The van der Waals surface area contributed by atoms with Gasteiger partial charge in [-0.1, -0.05) is 18.2 Å². The Morgan fingerprint density at radius 1 is 1.36 bits per heavy atom. The average molecular weight is 303 g/mol. The highest BCUT2D eigenvalue weighted by Crippen LogP contribution is 2.16. The van der Waals surface area contributed by atoms with Crippen molar-refractivity contribution in [3.05, 3.63) is 59.5 Å². The van der Waals surface area contributed by atoms with Crippen molar-refractivity contribution in [1.82, 2.24) is 10.3 Å². The molecule has 0 aliphatic carbocycles. The summed E-state index contributed by atoms with van der Waals surface area (Å²) in [5.41, 5.74) is 0.589. The van der Waals surface area contributed by atoms with Gasteiger partial charge in [-0.2, -0.15) is 0 Å². The van der Waals surface area contributed by atoms with E-state index in [0.29, 0.717) is 11.4 Å². The number of anilines is 1. The number of aliphatic hydroxyl groups is 1. The molecule has 1 amide bonds. The van der Waals surface area contributed by atoms with Crippen LogP contribution in [0.5, 0.6) is 0 Å². The molecule has 1 aromatic carbocycles. The second-order valence-electron chi connectivity index (χ2n) is 5.04. The summed E-state index contributed by atoms with van der Waals surface area (Å²) in [4.78, 5) is 18.0. The first kappa shape index (κ1) is 15.9. The maximum atomic E-state index is 13.5. The Morgan fingerprint density at radius 2 is 2.09 bits per heavy atom. The minimum absolute atomic E-state index is 0.0701. The van der Waals surface area contributed by atoms with Crippen molar-refractivity contribution in [2.45, 2.75) is 6.10 Å². The Morgan fingerprint density at radius 3 is 2.77 bits per heavy atom. The van der Waals surface area contributed by atoms with Gasteiger partial charge in [-0.25, -0.2) is 9.37 Å². The second-order valence-corrected chi connectivity index (χ2v) is 5.04. The number of halogens is 1. The molecule has 1 heterocycles. The fourth-order valence-corrected chi connectivity index (χ4v) is 1.95. The number of nitrogens with zero attached hydrogens (tertiary/aromatic N) is 2. The minimum Gasteiger partial charge on any atom is -0.386 e. The van der Waals surface area contributed by atoms with Crippen molar-refractivity contribution in [2.75, 3.05) is 25.5 Å². The second kappa shape index (κ2) is 7.00. The number of pyridine rings is 1. The molecule has 6 heteroatoms. The molecule has 0 aliphatic rings. The maximum absolute atomic E-state index is 13.5. The Labute approximate surface area is 128 Å². The standard InChI is InChI=1S/C16H18FN3O2/c1-20(2)15-9-11(7-8-18-15)16(22)19-10-14(21)12-5-3-4-6-13(12)17/h3-9,14,21H,10H2,1-2H3,(H,19,22). The summed E-state index contributed by atoms with van der Waals surface area (Å²) < 4.78 is 13.5. The fraction of sp³-hybridized carbons (Fsp3) is 0.250. The number of carbonyl (C=O) groups excluding carboxylic acids is 1. The van der Waals surface area contributed by atoms with Gasteiger partial charge in [0.15, 0.2) is 0 Å². The molecule has 5 nitrogen and oxygen atoms in total. The SMILES string of the molecule is CN(C)c1cc(C(=O)NCC(O)c2ccccc2F)ccn1. The lowest BCUT2D eigenvalue weighted by molar-refractivity contribution is 0.0914. The number of amides is 1. The van der Waals surface area contributed by atoms with Gasteiger partial charge >= 0.3 is 0 Å². The molecule has 0 radical (unpaired) electrons. The van der Waals surface area contributed by atoms with Crippen LogP contribution >= 0.6 is 0 Å². The highest BCUT2D eigenvalue weighted by molar-refractivity contribution is 5.94. The van der Waals surface area contributed by atoms with E-state index in [4.69, 9.17) is 0 Å². The molecule has 2 N–H and O–H groups in total. The third kappa shape index (κ3) is 3.79. The molecule has 116 valence electrons. The zero-order valence-corrected chi connectivity index (χ0v) is 12.5.